The van der Waals surface area contributed by atoms with E-state index >= 15 is 0 Å². The van der Waals surface area contributed by atoms with Crippen molar-refractivity contribution in [1.29, 1.82) is 5.26 Å². The molecule has 18 heavy (non-hydrogen) atoms. The average molecular weight is 308 g/mol. The van der Waals surface area contributed by atoms with E-state index < -0.39 is 5.54 Å². The summed E-state index contributed by atoms with van der Waals surface area (Å²) in [6.07, 6.45) is 3.53. The lowest BCUT2D eigenvalue weighted by molar-refractivity contribution is 0.327. The molecule has 0 saturated heterocycles. The number of anilines is 1. The molecule has 1 aromatic rings. The molecule has 0 aromatic heterocycles. The number of nitrogens with zero attached hydrogens (tertiary/aromatic N) is 2. The van der Waals surface area contributed by atoms with Gasteiger partial charge in [0.2, 0.25) is 0 Å². The van der Waals surface area contributed by atoms with Crippen LogP contribution in [0.5, 0.6) is 0 Å². The normalized spacial score (nSPS) is 27.6. The molecule has 0 bridgehead atoms. The summed E-state index contributed by atoms with van der Waals surface area (Å²) in [5.41, 5.74) is 6.60. The van der Waals surface area contributed by atoms with Gasteiger partial charge in [-0.1, -0.05) is 22.0 Å². The monoisotopic (exact) mass is 307 g/mol. The molecule has 2 N–H and O–H groups in total. The van der Waals surface area contributed by atoms with Crippen LogP contribution in [0.15, 0.2) is 28.7 Å². The van der Waals surface area contributed by atoms with Gasteiger partial charge in [0.05, 0.1) is 6.07 Å². The molecule has 0 unspecified atom stereocenters. The Labute approximate surface area is 117 Å². The van der Waals surface area contributed by atoms with Crippen molar-refractivity contribution in [2.45, 2.75) is 37.3 Å². The first-order valence-electron chi connectivity index (χ1n) is 6.23. The van der Waals surface area contributed by atoms with E-state index in [1.165, 1.54) is 5.69 Å². The standard InChI is InChI=1S/C14H18BrN3/c1-18(13-4-2-3-11(15)9-13)12-5-7-14(17,10-16)8-6-12/h2-4,9,12H,5-8,17H2,1H3. The Morgan fingerprint density at radius 3 is 2.67 bits per heavy atom. The van der Waals surface area contributed by atoms with Gasteiger partial charge in [-0.05, 0) is 43.9 Å². The van der Waals surface area contributed by atoms with Crippen LogP contribution in [-0.4, -0.2) is 18.6 Å². The lowest BCUT2D eigenvalue weighted by atomic mass is 9.80. The molecular formula is C14H18BrN3. The third-order valence-electron chi connectivity index (χ3n) is 3.83. The summed E-state index contributed by atoms with van der Waals surface area (Å²) in [5, 5.41) is 9.03. The third-order valence-corrected chi connectivity index (χ3v) is 4.33. The van der Waals surface area contributed by atoms with E-state index in [4.69, 9.17) is 11.0 Å². The highest BCUT2D eigenvalue weighted by Gasteiger charge is 2.33. The Hall–Kier alpha value is -1.05. The maximum atomic E-state index is 9.03. The molecule has 0 radical (unpaired) electrons. The molecule has 3 nitrogen and oxygen atoms in total. The average Bonchev–Trinajstić information content (AvgIpc) is 2.39. The Morgan fingerprint density at radius 1 is 1.44 bits per heavy atom. The molecule has 0 atom stereocenters. The van der Waals surface area contributed by atoms with Gasteiger partial charge in [0, 0.05) is 23.2 Å². The summed E-state index contributed by atoms with van der Waals surface area (Å²) in [5.74, 6) is 0. The van der Waals surface area contributed by atoms with Crippen LogP contribution >= 0.6 is 15.9 Å². The minimum Gasteiger partial charge on any atom is -0.372 e. The fraction of sp³-hybridized carbons (Fsp3) is 0.500. The van der Waals surface area contributed by atoms with Gasteiger partial charge in [0.25, 0.3) is 0 Å². The number of nitrogens with two attached hydrogens (primary N) is 1. The molecule has 0 spiro atoms. The van der Waals surface area contributed by atoms with Crippen LogP contribution < -0.4 is 10.6 Å². The van der Waals surface area contributed by atoms with Crippen LogP contribution in [0.4, 0.5) is 5.69 Å². The predicted molar refractivity (Wildman–Crippen MR) is 77.3 cm³/mol. The summed E-state index contributed by atoms with van der Waals surface area (Å²) in [6, 6.07) is 11.0. The SMILES string of the molecule is CN(c1cccc(Br)c1)C1CCC(N)(C#N)CC1. The van der Waals surface area contributed by atoms with E-state index in [0.29, 0.717) is 6.04 Å². The van der Waals surface area contributed by atoms with Gasteiger partial charge in [0.1, 0.15) is 5.54 Å². The zero-order chi connectivity index (χ0) is 13.2. The minimum absolute atomic E-state index is 0.476. The van der Waals surface area contributed by atoms with Crippen LogP contribution in [0.25, 0.3) is 0 Å². The predicted octanol–water partition coefficient (Wildman–Crippen LogP) is 3.05. The lowest BCUT2D eigenvalue weighted by Gasteiger charge is -2.38. The largest absolute Gasteiger partial charge is 0.372 e. The van der Waals surface area contributed by atoms with E-state index in [1.807, 2.05) is 12.1 Å². The number of halogens is 1. The van der Waals surface area contributed by atoms with Crippen molar-refractivity contribution in [3.63, 3.8) is 0 Å². The molecule has 1 aromatic carbocycles. The second kappa shape index (κ2) is 5.29. The van der Waals surface area contributed by atoms with Crippen molar-refractivity contribution >= 4 is 21.6 Å². The van der Waals surface area contributed by atoms with E-state index in [1.54, 1.807) is 0 Å². The second-order valence-corrected chi connectivity index (χ2v) is 6.01. The van der Waals surface area contributed by atoms with Crippen LogP contribution in [0.1, 0.15) is 25.7 Å². The van der Waals surface area contributed by atoms with E-state index in [0.717, 1.165) is 30.2 Å². The molecule has 1 saturated carbocycles. The molecule has 1 fully saturated rings. The zero-order valence-corrected chi connectivity index (χ0v) is 12.2. The zero-order valence-electron chi connectivity index (χ0n) is 10.6. The summed E-state index contributed by atoms with van der Waals surface area (Å²) in [7, 11) is 2.11. The molecule has 0 aliphatic heterocycles. The molecule has 1 aliphatic carbocycles. The summed E-state index contributed by atoms with van der Waals surface area (Å²) < 4.78 is 1.09. The fourth-order valence-electron chi connectivity index (χ4n) is 2.52. The smallest absolute Gasteiger partial charge is 0.104 e. The van der Waals surface area contributed by atoms with Gasteiger partial charge in [0.15, 0.2) is 0 Å². The number of hydrogen-bond acceptors (Lipinski definition) is 3. The molecule has 4 heteroatoms. The van der Waals surface area contributed by atoms with Gasteiger partial charge >= 0.3 is 0 Å². The van der Waals surface area contributed by atoms with E-state index in [2.05, 4.69) is 46.1 Å². The van der Waals surface area contributed by atoms with E-state index in [9.17, 15) is 0 Å². The van der Waals surface area contributed by atoms with Crippen molar-refractivity contribution in [2.75, 3.05) is 11.9 Å². The van der Waals surface area contributed by atoms with Gasteiger partial charge < -0.3 is 10.6 Å². The van der Waals surface area contributed by atoms with Crippen molar-refractivity contribution in [3.8, 4) is 6.07 Å². The maximum Gasteiger partial charge on any atom is 0.104 e. The van der Waals surface area contributed by atoms with Gasteiger partial charge in [-0.15, -0.1) is 0 Å². The highest BCUT2D eigenvalue weighted by Crippen LogP contribution is 2.31. The van der Waals surface area contributed by atoms with Crippen molar-refractivity contribution in [1.82, 2.24) is 0 Å². The number of benzene rings is 1. The number of nitriles is 1. The number of rotatable bonds is 2. The molecule has 96 valence electrons. The Balaban J connectivity index is 2.04. The molecule has 2 rings (SSSR count). The first-order chi connectivity index (χ1) is 8.54. The first kappa shape index (κ1) is 13.4. The Bertz CT molecular complexity index is 458. The van der Waals surface area contributed by atoms with Gasteiger partial charge in [-0.2, -0.15) is 5.26 Å². The van der Waals surface area contributed by atoms with Crippen LogP contribution in [-0.2, 0) is 0 Å². The minimum atomic E-state index is -0.603. The van der Waals surface area contributed by atoms with Crippen molar-refractivity contribution < 1.29 is 0 Å². The van der Waals surface area contributed by atoms with Crippen LogP contribution in [0.3, 0.4) is 0 Å². The van der Waals surface area contributed by atoms with Gasteiger partial charge in [-0.25, -0.2) is 0 Å². The lowest BCUT2D eigenvalue weighted by Crippen LogP contribution is -2.46. The van der Waals surface area contributed by atoms with E-state index in [-0.39, 0.29) is 0 Å². The molecule has 1 aliphatic rings. The second-order valence-electron chi connectivity index (χ2n) is 5.09. The van der Waals surface area contributed by atoms with Gasteiger partial charge in [-0.3, -0.25) is 0 Å². The molecule has 0 amide bonds. The highest BCUT2D eigenvalue weighted by molar-refractivity contribution is 9.10. The summed E-state index contributed by atoms with van der Waals surface area (Å²) >= 11 is 3.49. The topological polar surface area (TPSA) is 53.0 Å². The Kier molecular flexibility index (Phi) is 3.94. The third kappa shape index (κ3) is 2.85. The number of hydrogen-bond donors (Lipinski definition) is 1. The first-order valence-corrected chi connectivity index (χ1v) is 7.02. The fourth-order valence-corrected chi connectivity index (χ4v) is 2.91. The molecular weight excluding hydrogens is 290 g/mol. The highest BCUT2D eigenvalue weighted by atomic mass is 79.9. The van der Waals surface area contributed by atoms with Crippen molar-refractivity contribution in [2.24, 2.45) is 5.73 Å². The van der Waals surface area contributed by atoms with Crippen LogP contribution in [0.2, 0.25) is 0 Å². The summed E-state index contributed by atoms with van der Waals surface area (Å²) in [6.45, 7) is 0. The van der Waals surface area contributed by atoms with Crippen molar-refractivity contribution in [3.05, 3.63) is 28.7 Å². The molecule has 0 heterocycles. The summed E-state index contributed by atoms with van der Waals surface area (Å²) in [4.78, 5) is 2.29. The Morgan fingerprint density at radius 2 is 2.11 bits per heavy atom. The quantitative estimate of drug-likeness (QED) is 0.913. The van der Waals surface area contributed by atoms with Crippen LogP contribution in [0, 0.1) is 11.3 Å². The maximum absolute atomic E-state index is 9.03.